The average Bonchev–Trinajstić information content (AvgIpc) is 3.27. The van der Waals surface area contributed by atoms with E-state index < -0.39 is 15.9 Å². The van der Waals surface area contributed by atoms with Crippen LogP contribution in [0.1, 0.15) is 0 Å². The maximum atomic E-state index is 15.4. The van der Waals surface area contributed by atoms with Crippen LogP contribution < -0.4 is 14.4 Å². The molecule has 2 aromatic heterocycles. The number of nitrogens with zero attached hydrogens (tertiary/aromatic N) is 5. The maximum absolute atomic E-state index is 15.4. The number of halogens is 1. The number of anilines is 2. The molecule has 2 heterocycles. The summed E-state index contributed by atoms with van der Waals surface area (Å²) in [4.78, 5) is 10.7. The van der Waals surface area contributed by atoms with Gasteiger partial charge in [-0.15, -0.1) is 0 Å². The minimum absolute atomic E-state index is 0.0154. The van der Waals surface area contributed by atoms with Gasteiger partial charge in [0.25, 0.3) is 10.1 Å². The first-order chi connectivity index (χ1) is 16.7. The van der Waals surface area contributed by atoms with Gasteiger partial charge in [0.1, 0.15) is 5.75 Å². The number of hydrogen-bond acceptors (Lipinski definition) is 9. The third-order valence-electron chi connectivity index (χ3n) is 5.19. The van der Waals surface area contributed by atoms with E-state index in [-0.39, 0.29) is 24.6 Å². The Morgan fingerprint density at radius 1 is 1.09 bits per heavy atom. The van der Waals surface area contributed by atoms with Crippen LogP contribution in [-0.2, 0) is 21.3 Å². The molecule has 0 saturated carbocycles. The van der Waals surface area contributed by atoms with Crippen LogP contribution in [-0.4, -0.2) is 61.8 Å². The van der Waals surface area contributed by atoms with Crippen molar-refractivity contribution in [3.05, 3.63) is 54.7 Å². The fraction of sp³-hybridized carbons (Fsp3) is 0.261. The number of aromatic nitrogens is 4. The molecule has 2 aromatic carbocycles. The molecule has 0 aliphatic rings. The summed E-state index contributed by atoms with van der Waals surface area (Å²) in [6.07, 6.45) is 6.13. The number of rotatable bonds is 9. The molecular formula is C23H24FN5O5S. The number of aryl methyl sites for hydroxylation is 1. The number of methoxy groups -OCH3 is 2. The summed E-state index contributed by atoms with van der Waals surface area (Å²) in [5, 5.41) is 4.17. The summed E-state index contributed by atoms with van der Waals surface area (Å²) < 4.78 is 55.5. The molecule has 0 spiro atoms. The van der Waals surface area contributed by atoms with Crippen LogP contribution in [0.5, 0.6) is 11.5 Å². The standard InChI is InChI=1S/C23H24FN5O5S/c1-28-14-15(12-26-28)20-13-25-18-6-5-16(9-19(18)27-20)29(7-8-34-35(4,30)31)21-10-17(32-2)11-22(33-3)23(21)24/h5-6,9-14H,7-8H2,1-4H3. The van der Waals surface area contributed by atoms with Gasteiger partial charge < -0.3 is 14.4 Å². The van der Waals surface area contributed by atoms with E-state index in [1.54, 1.807) is 40.2 Å². The Hall–Kier alpha value is -3.77. The highest BCUT2D eigenvalue weighted by Crippen LogP contribution is 2.37. The van der Waals surface area contributed by atoms with Gasteiger partial charge in [-0.3, -0.25) is 13.8 Å². The monoisotopic (exact) mass is 501 g/mol. The smallest absolute Gasteiger partial charge is 0.264 e. The van der Waals surface area contributed by atoms with Crippen LogP contribution in [0.25, 0.3) is 22.3 Å². The lowest BCUT2D eigenvalue weighted by atomic mass is 10.2. The fourth-order valence-electron chi connectivity index (χ4n) is 3.55. The van der Waals surface area contributed by atoms with Gasteiger partial charge in [0, 0.05) is 43.2 Å². The Morgan fingerprint density at radius 3 is 2.54 bits per heavy atom. The molecular weight excluding hydrogens is 477 g/mol. The third-order valence-corrected chi connectivity index (χ3v) is 5.79. The number of fused-ring (bicyclic) bond motifs is 1. The van der Waals surface area contributed by atoms with Crippen molar-refractivity contribution < 1.29 is 26.5 Å². The summed E-state index contributed by atoms with van der Waals surface area (Å²) in [5.74, 6) is -0.289. The predicted molar refractivity (Wildman–Crippen MR) is 129 cm³/mol. The zero-order valence-electron chi connectivity index (χ0n) is 19.6. The van der Waals surface area contributed by atoms with Gasteiger partial charge in [-0.05, 0) is 18.2 Å². The van der Waals surface area contributed by atoms with Crippen LogP contribution in [0, 0.1) is 5.82 Å². The molecule has 0 unspecified atom stereocenters. The number of benzene rings is 2. The van der Waals surface area contributed by atoms with E-state index in [0.29, 0.717) is 28.2 Å². The van der Waals surface area contributed by atoms with Gasteiger partial charge in [0.05, 0.1) is 61.9 Å². The van der Waals surface area contributed by atoms with Gasteiger partial charge in [-0.2, -0.15) is 13.5 Å². The lowest BCUT2D eigenvalue weighted by Gasteiger charge is -2.26. The van der Waals surface area contributed by atoms with E-state index in [1.165, 1.54) is 26.4 Å². The van der Waals surface area contributed by atoms with Crippen molar-refractivity contribution in [2.45, 2.75) is 0 Å². The molecule has 4 rings (SSSR count). The van der Waals surface area contributed by atoms with Gasteiger partial charge in [0.2, 0.25) is 0 Å². The van der Waals surface area contributed by atoms with E-state index in [4.69, 9.17) is 18.6 Å². The molecule has 0 aliphatic heterocycles. The van der Waals surface area contributed by atoms with Crippen LogP contribution in [0.15, 0.2) is 48.9 Å². The summed E-state index contributed by atoms with van der Waals surface area (Å²) >= 11 is 0. The Balaban J connectivity index is 1.81. The molecule has 10 nitrogen and oxygen atoms in total. The van der Waals surface area contributed by atoms with Gasteiger partial charge in [-0.1, -0.05) is 0 Å². The highest BCUT2D eigenvalue weighted by Gasteiger charge is 2.21. The first kappa shape index (κ1) is 24.4. The predicted octanol–water partition coefficient (Wildman–Crippen LogP) is 3.30. The van der Waals surface area contributed by atoms with Crippen LogP contribution in [0.3, 0.4) is 0 Å². The second-order valence-corrected chi connectivity index (χ2v) is 9.32. The second-order valence-electron chi connectivity index (χ2n) is 7.67. The zero-order chi connectivity index (χ0) is 25.2. The minimum atomic E-state index is -3.69. The van der Waals surface area contributed by atoms with Crippen molar-refractivity contribution in [3.8, 4) is 22.8 Å². The lowest BCUT2D eigenvalue weighted by Crippen LogP contribution is -2.24. The van der Waals surface area contributed by atoms with E-state index in [1.807, 2.05) is 13.2 Å². The molecule has 0 radical (unpaired) electrons. The van der Waals surface area contributed by atoms with Crippen molar-refractivity contribution in [2.24, 2.45) is 7.05 Å². The molecule has 0 bridgehead atoms. The van der Waals surface area contributed by atoms with Crippen LogP contribution in [0.4, 0.5) is 15.8 Å². The molecule has 35 heavy (non-hydrogen) atoms. The van der Waals surface area contributed by atoms with E-state index in [0.717, 1.165) is 11.8 Å². The van der Waals surface area contributed by atoms with Crippen LogP contribution in [0.2, 0.25) is 0 Å². The zero-order valence-corrected chi connectivity index (χ0v) is 20.4. The van der Waals surface area contributed by atoms with Gasteiger partial charge >= 0.3 is 0 Å². The second kappa shape index (κ2) is 9.84. The Bertz CT molecular complexity index is 1470. The van der Waals surface area contributed by atoms with Crippen molar-refractivity contribution >= 4 is 32.5 Å². The van der Waals surface area contributed by atoms with Crippen molar-refractivity contribution in [3.63, 3.8) is 0 Å². The van der Waals surface area contributed by atoms with E-state index in [2.05, 4.69) is 10.1 Å². The first-order valence-corrected chi connectivity index (χ1v) is 12.3. The summed E-state index contributed by atoms with van der Waals surface area (Å²) in [6.45, 7) is -0.196. The fourth-order valence-corrected chi connectivity index (χ4v) is 3.93. The largest absolute Gasteiger partial charge is 0.497 e. The Morgan fingerprint density at radius 2 is 1.89 bits per heavy atom. The molecule has 0 saturated heterocycles. The van der Waals surface area contributed by atoms with Crippen molar-refractivity contribution in [1.29, 1.82) is 0 Å². The van der Waals surface area contributed by atoms with E-state index in [9.17, 15) is 8.42 Å². The minimum Gasteiger partial charge on any atom is -0.497 e. The Labute approximate surface area is 202 Å². The molecule has 4 aromatic rings. The topological polar surface area (TPSA) is 109 Å². The van der Waals surface area contributed by atoms with Gasteiger partial charge in [0.15, 0.2) is 11.6 Å². The third kappa shape index (κ3) is 5.49. The summed E-state index contributed by atoms with van der Waals surface area (Å²) in [7, 11) is 0.929. The SMILES string of the molecule is COc1cc(OC)c(F)c(N(CCOS(C)(=O)=O)c2ccc3ncc(-c4cnn(C)c4)nc3c2)c1. The molecule has 0 atom stereocenters. The molecule has 0 amide bonds. The molecule has 184 valence electrons. The quantitative estimate of drug-likeness (QED) is 0.319. The number of hydrogen-bond donors (Lipinski definition) is 0. The lowest BCUT2D eigenvalue weighted by molar-refractivity contribution is 0.330. The molecule has 0 N–H and O–H groups in total. The average molecular weight is 502 g/mol. The Kier molecular flexibility index (Phi) is 6.85. The normalized spacial score (nSPS) is 11.6. The molecule has 12 heteroatoms. The van der Waals surface area contributed by atoms with Crippen LogP contribution >= 0.6 is 0 Å². The highest BCUT2D eigenvalue weighted by molar-refractivity contribution is 7.85. The number of ether oxygens (including phenoxy) is 2. The first-order valence-electron chi connectivity index (χ1n) is 10.5. The van der Waals surface area contributed by atoms with Crippen molar-refractivity contribution in [2.75, 3.05) is 38.5 Å². The highest BCUT2D eigenvalue weighted by atomic mass is 32.2. The summed E-state index contributed by atoms with van der Waals surface area (Å²) in [5.41, 5.74) is 3.29. The molecule has 0 aliphatic carbocycles. The summed E-state index contributed by atoms with van der Waals surface area (Å²) in [6, 6.07) is 8.17. The molecule has 0 fully saturated rings. The maximum Gasteiger partial charge on any atom is 0.264 e. The van der Waals surface area contributed by atoms with Gasteiger partial charge in [-0.25, -0.2) is 9.37 Å². The van der Waals surface area contributed by atoms with E-state index >= 15 is 4.39 Å². The van der Waals surface area contributed by atoms with Crippen molar-refractivity contribution in [1.82, 2.24) is 19.7 Å².